The molecule has 3 rings (SSSR count). The average Bonchev–Trinajstić information content (AvgIpc) is 3.24. The largest absolute Gasteiger partial charge is 0.497 e. The fraction of sp³-hybridized carbons (Fsp3) is 0.478. The molecule has 0 saturated heterocycles. The van der Waals surface area contributed by atoms with Crippen LogP contribution in [0.1, 0.15) is 37.3 Å². The maximum Gasteiger partial charge on any atom is 0.318 e. The zero-order valence-corrected chi connectivity index (χ0v) is 19.4. The van der Waals surface area contributed by atoms with Gasteiger partial charge >= 0.3 is 6.03 Å². The number of urea groups is 1. The highest BCUT2D eigenvalue weighted by Gasteiger charge is 2.34. The molecule has 0 bridgehead atoms. The summed E-state index contributed by atoms with van der Waals surface area (Å²) in [4.78, 5) is 30.4. The molecule has 1 aromatic carbocycles. The number of ether oxygens (including phenoxy) is 2. The molecule has 1 N–H and O–H groups in total. The van der Waals surface area contributed by atoms with Gasteiger partial charge in [0, 0.05) is 30.1 Å². The first-order chi connectivity index (χ1) is 14.9. The van der Waals surface area contributed by atoms with E-state index in [4.69, 9.17) is 9.47 Å². The lowest BCUT2D eigenvalue weighted by atomic mass is 10.0. The van der Waals surface area contributed by atoms with Crippen LogP contribution in [0.5, 0.6) is 11.5 Å². The molecule has 0 fully saturated rings. The number of hydrogen-bond donors (Lipinski definition) is 1. The number of hydrogen-bond acceptors (Lipinski definition) is 5. The molecule has 0 saturated carbocycles. The monoisotopic (exact) mass is 445 g/mol. The van der Waals surface area contributed by atoms with Crippen molar-refractivity contribution in [1.82, 2.24) is 15.1 Å². The Morgan fingerprint density at radius 1 is 1.29 bits per heavy atom. The van der Waals surface area contributed by atoms with E-state index in [1.807, 2.05) is 49.9 Å². The van der Waals surface area contributed by atoms with Gasteiger partial charge in [-0.15, -0.1) is 11.3 Å². The van der Waals surface area contributed by atoms with E-state index in [9.17, 15) is 9.59 Å². The minimum Gasteiger partial charge on any atom is -0.497 e. The fourth-order valence-corrected chi connectivity index (χ4v) is 4.65. The number of carbonyl (C=O) groups is 2. The Morgan fingerprint density at radius 2 is 2.06 bits per heavy atom. The van der Waals surface area contributed by atoms with E-state index in [1.54, 1.807) is 23.3 Å². The van der Waals surface area contributed by atoms with Gasteiger partial charge in [-0.1, -0.05) is 6.07 Å². The molecule has 2 heterocycles. The second-order valence-electron chi connectivity index (χ2n) is 7.70. The minimum atomic E-state index is -0.219. The summed E-state index contributed by atoms with van der Waals surface area (Å²) in [5.74, 6) is 1.34. The van der Waals surface area contributed by atoms with Gasteiger partial charge in [-0.2, -0.15) is 0 Å². The SMILES string of the molecule is CCNC(=O)N(CC(=O)N1CCc2sccc2[C@H]1COc1cccc(OC)c1)C(C)C. The van der Waals surface area contributed by atoms with E-state index in [-0.39, 0.29) is 30.6 Å². The number of amides is 3. The zero-order chi connectivity index (χ0) is 22.4. The van der Waals surface area contributed by atoms with Crippen molar-refractivity contribution < 1.29 is 19.1 Å². The molecule has 7 nitrogen and oxygen atoms in total. The van der Waals surface area contributed by atoms with Crippen molar-refractivity contribution in [3.63, 3.8) is 0 Å². The van der Waals surface area contributed by atoms with Crippen LogP contribution in [0.2, 0.25) is 0 Å². The number of thiophene rings is 1. The first kappa shape index (κ1) is 22.9. The maximum absolute atomic E-state index is 13.3. The van der Waals surface area contributed by atoms with Crippen LogP contribution in [0.15, 0.2) is 35.7 Å². The molecule has 8 heteroatoms. The van der Waals surface area contributed by atoms with Crippen LogP contribution in [0.25, 0.3) is 0 Å². The smallest absolute Gasteiger partial charge is 0.318 e. The second-order valence-corrected chi connectivity index (χ2v) is 8.70. The summed E-state index contributed by atoms with van der Waals surface area (Å²) in [6.07, 6.45) is 0.817. The number of fused-ring (bicyclic) bond motifs is 1. The van der Waals surface area contributed by atoms with E-state index < -0.39 is 0 Å². The Bertz CT molecular complexity index is 898. The van der Waals surface area contributed by atoms with E-state index in [2.05, 4.69) is 16.8 Å². The summed E-state index contributed by atoms with van der Waals surface area (Å²) in [6, 6.07) is 9.02. The van der Waals surface area contributed by atoms with Gasteiger partial charge in [0.15, 0.2) is 0 Å². The van der Waals surface area contributed by atoms with Crippen LogP contribution in [-0.4, -0.2) is 61.1 Å². The summed E-state index contributed by atoms with van der Waals surface area (Å²) in [5.41, 5.74) is 1.13. The van der Waals surface area contributed by atoms with Gasteiger partial charge in [-0.25, -0.2) is 4.79 Å². The van der Waals surface area contributed by atoms with E-state index in [1.165, 1.54) is 4.88 Å². The standard InChI is InChI=1S/C23H31N3O4S/c1-5-24-23(28)26(16(2)3)14-22(27)25-11-9-21-19(10-12-31-21)20(25)15-30-18-8-6-7-17(13-18)29-4/h6-8,10,12-13,16,20H,5,9,11,14-15H2,1-4H3,(H,24,28)/t20-/m1/s1. The fourth-order valence-electron chi connectivity index (χ4n) is 3.72. The van der Waals surface area contributed by atoms with Gasteiger partial charge in [-0.05, 0) is 56.3 Å². The van der Waals surface area contributed by atoms with Gasteiger partial charge in [0.05, 0.1) is 13.2 Å². The van der Waals surface area contributed by atoms with Crippen molar-refractivity contribution in [3.05, 3.63) is 46.2 Å². The van der Waals surface area contributed by atoms with Crippen LogP contribution in [0.4, 0.5) is 4.79 Å². The molecule has 1 aromatic heterocycles. The van der Waals surface area contributed by atoms with Crippen molar-refractivity contribution in [2.45, 2.75) is 39.3 Å². The highest BCUT2D eigenvalue weighted by molar-refractivity contribution is 7.10. The van der Waals surface area contributed by atoms with E-state index in [0.29, 0.717) is 25.4 Å². The van der Waals surface area contributed by atoms with Crippen LogP contribution in [-0.2, 0) is 11.2 Å². The van der Waals surface area contributed by atoms with E-state index >= 15 is 0 Å². The van der Waals surface area contributed by atoms with Crippen molar-refractivity contribution >= 4 is 23.3 Å². The molecule has 0 unspecified atom stereocenters. The first-order valence-electron chi connectivity index (χ1n) is 10.6. The Hall–Kier alpha value is -2.74. The van der Waals surface area contributed by atoms with Gasteiger partial charge in [0.1, 0.15) is 24.7 Å². The van der Waals surface area contributed by atoms with Gasteiger partial charge < -0.3 is 24.6 Å². The minimum absolute atomic E-state index is 0.0403. The third kappa shape index (κ3) is 5.50. The van der Waals surface area contributed by atoms with Crippen LogP contribution in [0, 0.1) is 0 Å². The molecular formula is C23H31N3O4S. The number of nitrogens with one attached hydrogen (secondary N) is 1. The molecular weight excluding hydrogens is 414 g/mol. The summed E-state index contributed by atoms with van der Waals surface area (Å²) < 4.78 is 11.3. The number of carbonyl (C=O) groups excluding carboxylic acids is 2. The lowest BCUT2D eigenvalue weighted by molar-refractivity contribution is -0.135. The Kier molecular flexibility index (Phi) is 7.79. The summed E-state index contributed by atoms with van der Waals surface area (Å²) in [5, 5.41) is 4.86. The average molecular weight is 446 g/mol. The highest BCUT2D eigenvalue weighted by Crippen LogP contribution is 2.34. The topological polar surface area (TPSA) is 71.1 Å². The van der Waals surface area contributed by atoms with Crippen LogP contribution >= 0.6 is 11.3 Å². The first-order valence-corrected chi connectivity index (χ1v) is 11.5. The van der Waals surface area contributed by atoms with Crippen molar-refractivity contribution in [1.29, 1.82) is 0 Å². The third-order valence-electron chi connectivity index (χ3n) is 5.38. The molecule has 0 radical (unpaired) electrons. The van der Waals surface area contributed by atoms with Gasteiger partial charge in [0.25, 0.3) is 0 Å². The molecule has 0 spiro atoms. The number of rotatable bonds is 8. The number of benzene rings is 1. The predicted octanol–water partition coefficient (Wildman–Crippen LogP) is 3.70. The highest BCUT2D eigenvalue weighted by atomic mass is 32.1. The van der Waals surface area contributed by atoms with E-state index in [0.717, 1.165) is 17.7 Å². The van der Waals surface area contributed by atoms with Crippen LogP contribution in [0.3, 0.4) is 0 Å². The summed E-state index contributed by atoms with van der Waals surface area (Å²) in [6.45, 7) is 7.21. The molecule has 168 valence electrons. The quantitative estimate of drug-likeness (QED) is 0.673. The summed E-state index contributed by atoms with van der Waals surface area (Å²) in [7, 11) is 1.62. The second kappa shape index (κ2) is 10.5. The Balaban J connectivity index is 1.77. The lowest BCUT2D eigenvalue weighted by Gasteiger charge is -2.37. The number of nitrogens with zero attached hydrogens (tertiary/aromatic N) is 2. The third-order valence-corrected chi connectivity index (χ3v) is 6.38. The molecule has 2 aromatic rings. The molecule has 31 heavy (non-hydrogen) atoms. The molecule has 1 aliphatic heterocycles. The van der Waals surface area contributed by atoms with Crippen molar-refractivity contribution in [3.8, 4) is 11.5 Å². The zero-order valence-electron chi connectivity index (χ0n) is 18.6. The molecule has 0 aliphatic carbocycles. The Labute approximate surface area is 187 Å². The molecule has 1 aliphatic rings. The molecule has 1 atom stereocenters. The lowest BCUT2D eigenvalue weighted by Crippen LogP contribution is -2.51. The number of methoxy groups -OCH3 is 1. The van der Waals surface area contributed by atoms with Gasteiger partial charge in [0.2, 0.25) is 5.91 Å². The summed E-state index contributed by atoms with van der Waals surface area (Å²) >= 11 is 1.71. The van der Waals surface area contributed by atoms with Crippen molar-refractivity contribution in [2.75, 3.05) is 33.4 Å². The molecule has 3 amide bonds. The predicted molar refractivity (Wildman–Crippen MR) is 122 cm³/mol. The Morgan fingerprint density at radius 3 is 2.77 bits per heavy atom. The van der Waals surface area contributed by atoms with Gasteiger partial charge in [-0.3, -0.25) is 4.79 Å². The normalized spacial score (nSPS) is 15.4. The van der Waals surface area contributed by atoms with Crippen molar-refractivity contribution in [2.24, 2.45) is 0 Å². The maximum atomic E-state index is 13.3. The van der Waals surface area contributed by atoms with Crippen LogP contribution < -0.4 is 14.8 Å².